The van der Waals surface area contributed by atoms with Gasteiger partial charge in [0, 0.05) is 11.1 Å². The molecule has 0 saturated carbocycles. The van der Waals surface area contributed by atoms with Crippen LogP contribution in [0.1, 0.15) is 27.0 Å². The summed E-state index contributed by atoms with van der Waals surface area (Å²) in [4.78, 5) is 24.5. The smallest absolute Gasteiger partial charge is 0.314 e. The van der Waals surface area contributed by atoms with Crippen molar-refractivity contribution in [1.82, 2.24) is 0 Å². The molecular formula is C28H24N2O4. The molecule has 0 aromatic heterocycles. The van der Waals surface area contributed by atoms with Crippen LogP contribution in [0.2, 0.25) is 0 Å². The van der Waals surface area contributed by atoms with Gasteiger partial charge in [-0.1, -0.05) is 78.9 Å². The molecule has 0 heterocycles. The zero-order valence-corrected chi connectivity index (χ0v) is 18.4. The highest BCUT2D eigenvalue weighted by Crippen LogP contribution is 2.25. The highest BCUT2D eigenvalue weighted by atomic mass is 16.5. The first-order chi connectivity index (χ1) is 16.4. The summed E-state index contributed by atoms with van der Waals surface area (Å²) in [6.07, 6.45) is 0.119. The Balaban J connectivity index is 1.46. The molecule has 0 aliphatic heterocycles. The van der Waals surface area contributed by atoms with Crippen molar-refractivity contribution in [1.29, 1.82) is 5.41 Å². The number of aliphatic carboxylic acids is 1. The fourth-order valence-corrected chi connectivity index (χ4v) is 3.77. The second-order valence-electron chi connectivity index (χ2n) is 8.07. The number of Topliss-reactive ketones (excluding diaryl/α,β-unsaturated/α-hetero) is 1. The molecule has 1 unspecified atom stereocenters. The standard InChI is InChI=1S/C28H24N2O4/c29-27(30)21-9-6-18(7-10-21)17-34-24-13-12-22-14-19(8-11-23(22)16-24)15-25(28(32)33)26(31)20-4-2-1-3-5-20/h1-14,16,25H,15,17H2,(H3,29,30)(H,32,33). The van der Waals surface area contributed by atoms with Gasteiger partial charge in [0.1, 0.15) is 24.1 Å². The third-order valence-electron chi connectivity index (χ3n) is 5.66. The van der Waals surface area contributed by atoms with E-state index in [0.717, 1.165) is 21.9 Å². The van der Waals surface area contributed by atoms with E-state index in [2.05, 4.69) is 0 Å². The Morgan fingerprint density at radius 1 is 0.824 bits per heavy atom. The van der Waals surface area contributed by atoms with E-state index in [1.54, 1.807) is 42.5 Å². The molecule has 0 bridgehead atoms. The van der Waals surface area contributed by atoms with Gasteiger partial charge in [-0.2, -0.15) is 0 Å². The number of nitrogen functional groups attached to an aromatic ring is 1. The first kappa shape index (κ1) is 22.7. The third-order valence-corrected chi connectivity index (χ3v) is 5.66. The van der Waals surface area contributed by atoms with Gasteiger partial charge in [0.15, 0.2) is 5.78 Å². The SMILES string of the molecule is N=C(N)c1ccc(COc2ccc3cc(CC(C(=O)O)C(=O)c4ccccc4)ccc3c2)cc1. The minimum atomic E-state index is -1.14. The summed E-state index contributed by atoms with van der Waals surface area (Å²) >= 11 is 0. The Labute approximate surface area is 197 Å². The number of carboxylic acids is 1. The van der Waals surface area contributed by atoms with Crippen LogP contribution < -0.4 is 10.5 Å². The number of hydrogen-bond donors (Lipinski definition) is 3. The maximum absolute atomic E-state index is 12.7. The third kappa shape index (κ3) is 5.30. The number of nitrogens with two attached hydrogens (primary N) is 1. The van der Waals surface area contributed by atoms with Crippen LogP contribution in [0.15, 0.2) is 91.0 Å². The van der Waals surface area contributed by atoms with E-state index < -0.39 is 17.7 Å². The molecule has 6 heteroatoms. The molecule has 4 rings (SSSR count). The maximum atomic E-state index is 12.7. The van der Waals surface area contributed by atoms with Crippen LogP contribution in [-0.4, -0.2) is 22.7 Å². The molecule has 6 nitrogen and oxygen atoms in total. The van der Waals surface area contributed by atoms with Crippen LogP contribution in [0.4, 0.5) is 0 Å². The van der Waals surface area contributed by atoms with E-state index in [9.17, 15) is 14.7 Å². The number of nitrogens with one attached hydrogen (secondary N) is 1. The fraction of sp³-hybridized carbons (Fsp3) is 0.107. The number of hydrogen-bond acceptors (Lipinski definition) is 4. The average molecular weight is 453 g/mol. The highest BCUT2D eigenvalue weighted by molar-refractivity contribution is 6.08. The lowest BCUT2D eigenvalue weighted by molar-refractivity contribution is -0.139. The van der Waals surface area contributed by atoms with Gasteiger partial charge in [0.2, 0.25) is 0 Å². The van der Waals surface area contributed by atoms with Crippen LogP contribution >= 0.6 is 0 Å². The molecule has 0 saturated heterocycles. The van der Waals surface area contributed by atoms with Crippen molar-refractivity contribution in [2.75, 3.05) is 0 Å². The molecular weight excluding hydrogens is 428 g/mol. The van der Waals surface area contributed by atoms with E-state index in [4.69, 9.17) is 15.9 Å². The van der Waals surface area contributed by atoms with Crippen molar-refractivity contribution in [3.05, 3.63) is 113 Å². The van der Waals surface area contributed by atoms with Gasteiger partial charge in [0.25, 0.3) is 0 Å². The highest BCUT2D eigenvalue weighted by Gasteiger charge is 2.27. The number of carbonyl (C=O) groups is 2. The van der Waals surface area contributed by atoms with Crippen LogP contribution in [0.25, 0.3) is 10.8 Å². The lowest BCUT2D eigenvalue weighted by Crippen LogP contribution is -2.26. The molecule has 0 aliphatic rings. The topological polar surface area (TPSA) is 113 Å². The van der Waals surface area contributed by atoms with Crippen molar-refractivity contribution < 1.29 is 19.4 Å². The molecule has 0 amide bonds. The van der Waals surface area contributed by atoms with Gasteiger partial charge in [-0.25, -0.2) is 0 Å². The van der Waals surface area contributed by atoms with Crippen LogP contribution in [0.5, 0.6) is 5.75 Å². The number of fused-ring (bicyclic) bond motifs is 1. The van der Waals surface area contributed by atoms with E-state index in [1.807, 2.05) is 48.5 Å². The summed E-state index contributed by atoms with van der Waals surface area (Å²) in [6.45, 7) is 0.379. The molecule has 0 aliphatic carbocycles. The number of ether oxygens (including phenoxy) is 1. The van der Waals surface area contributed by atoms with Gasteiger partial charge in [-0.15, -0.1) is 0 Å². The number of amidine groups is 1. The van der Waals surface area contributed by atoms with Crippen molar-refractivity contribution in [2.24, 2.45) is 11.7 Å². The average Bonchev–Trinajstić information content (AvgIpc) is 2.86. The number of ketones is 1. The van der Waals surface area contributed by atoms with Crippen LogP contribution in [0, 0.1) is 11.3 Å². The van der Waals surface area contributed by atoms with Crippen molar-refractivity contribution in [3.63, 3.8) is 0 Å². The molecule has 0 spiro atoms. The zero-order valence-electron chi connectivity index (χ0n) is 18.4. The Bertz CT molecular complexity index is 1350. The normalized spacial score (nSPS) is 11.6. The Morgan fingerprint density at radius 2 is 1.47 bits per heavy atom. The first-order valence-corrected chi connectivity index (χ1v) is 10.8. The first-order valence-electron chi connectivity index (χ1n) is 10.8. The summed E-state index contributed by atoms with van der Waals surface area (Å²) < 4.78 is 5.90. The molecule has 1 atom stereocenters. The van der Waals surface area contributed by atoms with Crippen LogP contribution in [0.3, 0.4) is 0 Å². The van der Waals surface area contributed by atoms with Gasteiger partial charge in [-0.3, -0.25) is 15.0 Å². The van der Waals surface area contributed by atoms with Gasteiger partial charge in [-0.05, 0) is 40.5 Å². The molecule has 4 N–H and O–H groups in total. The van der Waals surface area contributed by atoms with Crippen molar-refractivity contribution in [3.8, 4) is 5.75 Å². The summed E-state index contributed by atoms with van der Waals surface area (Å²) in [6, 6.07) is 27.2. The van der Waals surface area contributed by atoms with Gasteiger partial charge in [0.05, 0.1) is 0 Å². The minimum Gasteiger partial charge on any atom is -0.489 e. The van der Waals surface area contributed by atoms with E-state index in [0.29, 0.717) is 23.5 Å². The molecule has 0 fully saturated rings. The van der Waals surface area contributed by atoms with Crippen molar-refractivity contribution in [2.45, 2.75) is 13.0 Å². The number of benzene rings is 4. The Kier molecular flexibility index (Phi) is 6.69. The predicted octanol–water partition coefficient (Wildman–Crippen LogP) is 4.83. The summed E-state index contributed by atoms with van der Waals surface area (Å²) in [7, 11) is 0. The van der Waals surface area contributed by atoms with E-state index >= 15 is 0 Å². The lowest BCUT2D eigenvalue weighted by atomic mass is 9.90. The number of carboxylic acid groups (broad SMARTS) is 1. The second-order valence-corrected chi connectivity index (χ2v) is 8.07. The summed E-state index contributed by atoms with van der Waals surface area (Å²) in [5, 5.41) is 19.0. The largest absolute Gasteiger partial charge is 0.489 e. The number of rotatable bonds is 9. The second kappa shape index (κ2) is 10.0. The summed E-state index contributed by atoms with van der Waals surface area (Å²) in [5.41, 5.74) is 8.29. The van der Waals surface area contributed by atoms with E-state index in [-0.39, 0.29) is 12.3 Å². The Morgan fingerprint density at radius 3 is 2.15 bits per heavy atom. The summed E-state index contributed by atoms with van der Waals surface area (Å²) in [5.74, 6) is -1.93. The molecule has 0 radical (unpaired) electrons. The zero-order chi connectivity index (χ0) is 24.1. The van der Waals surface area contributed by atoms with E-state index in [1.165, 1.54) is 0 Å². The monoisotopic (exact) mass is 452 g/mol. The predicted molar refractivity (Wildman–Crippen MR) is 131 cm³/mol. The van der Waals surface area contributed by atoms with Gasteiger partial charge >= 0.3 is 5.97 Å². The Hall–Kier alpha value is -4.45. The lowest BCUT2D eigenvalue weighted by Gasteiger charge is -2.13. The molecule has 4 aromatic carbocycles. The molecule has 170 valence electrons. The maximum Gasteiger partial charge on any atom is 0.314 e. The quantitative estimate of drug-likeness (QED) is 0.146. The van der Waals surface area contributed by atoms with Gasteiger partial charge < -0.3 is 15.6 Å². The van der Waals surface area contributed by atoms with Crippen LogP contribution in [-0.2, 0) is 17.8 Å². The molecule has 4 aromatic rings. The fourth-order valence-electron chi connectivity index (χ4n) is 3.77. The number of carbonyl (C=O) groups excluding carboxylic acids is 1. The van der Waals surface area contributed by atoms with Crippen molar-refractivity contribution >= 4 is 28.4 Å². The minimum absolute atomic E-state index is 0.0282. The molecule has 34 heavy (non-hydrogen) atoms.